The molecular formula is C20H32O2S. The number of carbonyl (C=O) groups is 1. The summed E-state index contributed by atoms with van der Waals surface area (Å²) in [6, 6.07) is 3.78. The van der Waals surface area contributed by atoms with E-state index in [0.717, 1.165) is 30.6 Å². The second-order valence-corrected chi connectivity index (χ2v) is 7.98. The maximum Gasteiger partial charge on any atom is 0.335 e. The number of rotatable bonds is 9. The molecule has 1 aromatic carbocycles. The first kappa shape index (κ1) is 20.1. The summed E-state index contributed by atoms with van der Waals surface area (Å²) in [4.78, 5) is 12.7. The predicted octanol–water partition coefficient (Wildman–Crippen LogP) is 6.51. The molecule has 1 aromatic rings. The molecule has 1 N–H and O–H groups in total. The van der Waals surface area contributed by atoms with Crippen molar-refractivity contribution in [3.05, 3.63) is 28.8 Å². The molecule has 0 saturated carbocycles. The number of benzene rings is 1. The second kappa shape index (κ2) is 9.36. The quantitative estimate of drug-likeness (QED) is 0.522. The lowest BCUT2D eigenvalue weighted by molar-refractivity contribution is 0.0696. The van der Waals surface area contributed by atoms with Crippen LogP contribution in [0.3, 0.4) is 0 Å². The van der Waals surface area contributed by atoms with Crippen LogP contribution in [-0.2, 0) is 0 Å². The molecule has 0 radical (unpaired) electrons. The smallest absolute Gasteiger partial charge is 0.335 e. The van der Waals surface area contributed by atoms with Crippen LogP contribution in [0, 0.1) is 12.8 Å². The number of carboxylic acids is 1. The monoisotopic (exact) mass is 336 g/mol. The Morgan fingerprint density at radius 1 is 1.17 bits per heavy atom. The molecule has 0 fully saturated rings. The molecule has 0 aliphatic carbocycles. The molecule has 0 heterocycles. The van der Waals surface area contributed by atoms with Gasteiger partial charge in [0.2, 0.25) is 0 Å². The Labute approximate surface area is 146 Å². The SMILES string of the molecule is CCCC(CC)c1cc(C(=O)O)cc(SC(CC)C(C)C)c1C. The van der Waals surface area contributed by atoms with Crippen LogP contribution in [0.15, 0.2) is 17.0 Å². The molecule has 2 nitrogen and oxygen atoms in total. The van der Waals surface area contributed by atoms with E-state index in [2.05, 4.69) is 41.5 Å². The van der Waals surface area contributed by atoms with Crippen LogP contribution in [0.1, 0.15) is 87.7 Å². The van der Waals surface area contributed by atoms with Crippen LogP contribution >= 0.6 is 11.8 Å². The molecular weight excluding hydrogens is 304 g/mol. The van der Waals surface area contributed by atoms with Gasteiger partial charge in [-0.05, 0) is 61.3 Å². The Morgan fingerprint density at radius 3 is 2.26 bits per heavy atom. The summed E-state index contributed by atoms with van der Waals surface area (Å²) in [5, 5.41) is 10.0. The van der Waals surface area contributed by atoms with Crippen molar-refractivity contribution in [1.82, 2.24) is 0 Å². The van der Waals surface area contributed by atoms with Crippen LogP contribution in [0.4, 0.5) is 0 Å². The van der Waals surface area contributed by atoms with E-state index in [1.807, 2.05) is 23.9 Å². The van der Waals surface area contributed by atoms with Crippen molar-refractivity contribution in [2.24, 2.45) is 5.92 Å². The average Bonchev–Trinajstić information content (AvgIpc) is 2.51. The van der Waals surface area contributed by atoms with Crippen LogP contribution < -0.4 is 0 Å². The highest BCUT2D eigenvalue weighted by atomic mass is 32.2. The molecule has 0 spiro atoms. The Hall–Kier alpha value is -0.960. The van der Waals surface area contributed by atoms with Gasteiger partial charge in [-0.3, -0.25) is 0 Å². The lowest BCUT2D eigenvalue weighted by Gasteiger charge is -2.24. The highest BCUT2D eigenvalue weighted by Crippen LogP contribution is 2.38. The van der Waals surface area contributed by atoms with Crippen molar-refractivity contribution in [3.8, 4) is 0 Å². The minimum atomic E-state index is -0.822. The van der Waals surface area contributed by atoms with Crippen molar-refractivity contribution in [2.45, 2.75) is 83.3 Å². The van der Waals surface area contributed by atoms with Crippen LogP contribution in [0.5, 0.6) is 0 Å². The van der Waals surface area contributed by atoms with Crippen LogP contribution in [0.2, 0.25) is 0 Å². The van der Waals surface area contributed by atoms with Gasteiger partial charge in [-0.25, -0.2) is 4.79 Å². The third-order valence-corrected chi connectivity index (χ3v) is 6.50. The van der Waals surface area contributed by atoms with E-state index in [1.54, 1.807) is 0 Å². The minimum absolute atomic E-state index is 0.432. The Balaban J connectivity index is 3.33. The number of carboxylic acid groups (broad SMARTS) is 1. The normalized spacial score (nSPS) is 14.0. The molecule has 0 amide bonds. The van der Waals surface area contributed by atoms with E-state index in [1.165, 1.54) is 11.1 Å². The molecule has 130 valence electrons. The summed E-state index contributed by atoms with van der Waals surface area (Å²) < 4.78 is 0. The Morgan fingerprint density at radius 2 is 1.83 bits per heavy atom. The predicted molar refractivity (Wildman–Crippen MR) is 101 cm³/mol. The largest absolute Gasteiger partial charge is 0.478 e. The summed E-state index contributed by atoms with van der Waals surface area (Å²) >= 11 is 1.85. The highest BCUT2D eigenvalue weighted by molar-refractivity contribution is 8.00. The second-order valence-electron chi connectivity index (χ2n) is 6.70. The first-order valence-electron chi connectivity index (χ1n) is 8.90. The molecule has 0 bridgehead atoms. The molecule has 1 rings (SSSR count). The fourth-order valence-corrected chi connectivity index (χ4v) is 4.42. The van der Waals surface area contributed by atoms with E-state index in [-0.39, 0.29) is 0 Å². The van der Waals surface area contributed by atoms with Crippen molar-refractivity contribution < 1.29 is 9.90 Å². The lowest BCUT2D eigenvalue weighted by atomic mass is 9.88. The minimum Gasteiger partial charge on any atom is -0.478 e. The van der Waals surface area contributed by atoms with Crippen LogP contribution in [-0.4, -0.2) is 16.3 Å². The summed E-state index contributed by atoms with van der Waals surface area (Å²) in [5.74, 6) is 0.216. The molecule has 3 heteroatoms. The maximum absolute atomic E-state index is 11.6. The van der Waals surface area contributed by atoms with Gasteiger partial charge in [-0.2, -0.15) is 0 Å². The topological polar surface area (TPSA) is 37.3 Å². The lowest BCUT2D eigenvalue weighted by Crippen LogP contribution is -2.11. The summed E-state index contributed by atoms with van der Waals surface area (Å²) in [6.07, 6.45) is 4.40. The highest BCUT2D eigenvalue weighted by Gasteiger charge is 2.20. The van der Waals surface area contributed by atoms with Crippen molar-refractivity contribution in [1.29, 1.82) is 0 Å². The van der Waals surface area contributed by atoms with E-state index in [9.17, 15) is 9.90 Å². The van der Waals surface area contributed by atoms with Gasteiger partial charge in [0.1, 0.15) is 0 Å². The zero-order valence-corrected chi connectivity index (χ0v) is 16.3. The molecule has 0 aromatic heterocycles. The molecule has 0 aliphatic rings. The van der Waals surface area contributed by atoms with Crippen molar-refractivity contribution in [3.63, 3.8) is 0 Å². The molecule has 0 saturated heterocycles. The van der Waals surface area contributed by atoms with Gasteiger partial charge in [-0.1, -0.05) is 41.0 Å². The third-order valence-electron chi connectivity index (χ3n) is 4.64. The van der Waals surface area contributed by atoms with Gasteiger partial charge < -0.3 is 5.11 Å². The first-order chi connectivity index (χ1) is 10.8. The Kier molecular flexibility index (Phi) is 8.18. The van der Waals surface area contributed by atoms with Gasteiger partial charge >= 0.3 is 5.97 Å². The van der Waals surface area contributed by atoms with E-state index >= 15 is 0 Å². The van der Waals surface area contributed by atoms with Gasteiger partial charge in [-0.15, -0.1) is 11.8 Å². The first-order valence-corrected chi connectivity index (χ1v) is 9.77. The maximum atomic E-state index is 11.6. The third kappa shape index (κ3) is 5.27. The van der Waals surface area contributed by atoms with Gasteiger partial charge in [0, 0.05) is 10.1 Å². The standard InChI is InChI=1S/C20H32O2S/c1-7-10-15(8-2)17-11-16(20(21)22)12-19(14(17)6)23-18(9-3)13(4)5/h11-13,15,18H,7-10H2,1-6H3,(H,21,22). The van der Waals surface area contributed by atoms with Crippen molar-refractivity contribution in [2.75, 3.05) is 0 Å². The fourth-order valence-electron chi connectivity index (χ4n) is 3.16. The number of aromatic carboxylic acids is 1. The van der Waals surface area contributed by atoms with Gasteiger partial charge in [0.25, 0.3) is 0 Å². The number of hydrogen-bond donors (Lipinski definition) is 1. The summed E-state index contributed by atoms with van der Waals surface area (Å²) in [7, 11) is 0. The van der Waals surface area contributed by atoms with E-state index < -0.39 is 5.97 Å². The van der Waals surface area contributed by atoms with Gasteiger partial charge in [0.05, 0.1) is 5.56 Å². The zero-order chi connectivity index (χ0) is 17.6. The number of thioether (sulfide) groups is 1. The molecule has 2 unspecified atom stereocenters. The van der Waals surface area contributed by atoms with Crippen LogP contribution in [0.25, 0.3) is 0 Å². The summed E-state index contributed by atoms with van der Waals surface area (Å²) in [6.45, 7) is 13.2. The fraction of sp³-hybridized carbons (Fsp3) is 0.650. The van der Waals surface area contributed by atoms with E-state index in [0.29, 0.717) is 22.6 Å². The molecule has 0 aliphatic heterocycles. The Bertz CT molecular complexity index is 523. The zero-order valence-electron chi connectivity index (χ0n) is 15.5. The summed E-state index contributed by atoms with van der Waals surface area (Å²) in [5.41, 5.74) is 2.94. The molecule has 2 atom stereocenters. The number of hydrogen-bond acceptors (Lipinski definition) is 2. The molecule has 23 heavy (non-hydrogen) atoms. The van der Waals surface area contributed by atoms with E-state index in [4.69, 9.17) is 0 Å². The van der Waals surface area contributed by atoms with Crippen molar-refractivity contribution >= 4 is 17.7 Å². The average molecular weight is 337 g/mol. The van der Waals surface area contributed by atoms with Gasteiger partial charge in [0.15, 0.2) is 0 Å².